The van der Waals surface area contributed by atoms with Crippen LogP contribution in [0.4, 0.5) is 4.79 Å². The number of hydrogen-bond acceptors (Lipinski definition) is 4. The molecule has 0 spiro atoms. The van der Waals surface area contributed by atoms with Crippen LogP contribution in [-0.4, -0.2) is 62.8 Å². The van der Waals surface area contributed by atoms with Crippen LogP contribution in [0.15, 0.2) is 54.8 Å². The highest BCUT2D eigenvalue weighted by molar-refractivity contribution is 5.75. The molecule has 2 heterocycles. The van der Waals surface area contributed by atoms with Crippen molar-refractivity contribution in [3.8, 4) is 0 Å². The topological polar surface area (TPSA) is 87.6 Å². The lowest BCUT2D eigenvalue weighted by atomic mass is 9.84. The number of aliphatic hydroxyl groups excluding tert-OH is 1. The molecule has 1 aromatic carbocycles. The van der Waals surface area contributed by atoms with Crippen molar-refractivity contribution in [1.82, 2.24) is 19.4 Å². The summed E-state index contributed by atoms with van der Waals surface area (Å²) in [6, 6.07) is 10.1. The highest BCUT2D eigenvalue weighted by atomic mass is 16.3. The normalized spacial score (nSPS) is 19.0. The fourth-order valence-corrected chi connectivity index (χ4v) is 5.40. The van der Waals surface area contributed by atoms with Gasteiger partial charge < -0.3 is 25.2 Å². The smallest absolute Gasteiger partial charge is 0.320 e. The number of urea groups is 1. The summed E-state index contributed by atoms with van der Waals surface area (Å²) in [5.74, 6) is 0.883. The quantitative estimate of drug-likeness (QED) is 0.530. The van der Waals surface area contributed by atoms with Crippen molar-refractivity contribution in [3.05, 3.63) is 71.8 Å². The van der Waals surface area contributed by atoms with Gasteiger partial charge in [-0.05, 0) is 55.2 Å². The maximum Gasteiger partial charge on any atom is 0.320 e. The molecule has 7 heteroatoms. The largest absolute Gasteiger partial charge is 0.391 e. The van der Waals surface area contributed by atoms with Crippen LogP contribution >= 0.6 is 0 Å². The average Bonchev–Trinajstić information content (AvgIpc) is 3.29. The molecule has 0 radical (unpaired) electrons. The van der Waals surface area contributed by atoms with Crippen LogP contribution in [0.25, 0.3) is 5.57 Å². The van der Waals surface area contributed by atoms with Crippen LogP contribution < -0.4 is 5.73 Å². The van der Waals surface area contributed by atoms with Crippen LogP contribution in [0.5, 0.6) is 0 Å². The van der Waals surface area contributed by atoms with E-state index < -0.39 is 6.10 Å². The summed E-state index contributed by atoms with van der Waals surface area (Å²) in [5, 5.41) is 10.3. The molecule has 4 rings (SSSR count). The van der Waals surface area contributed by atoms with Gasteiger partial charge in [0.05, 0.1) is 17.8 Å². The summed E-state index contributed by atoms with van der Waals surface area (Å²) in [5.41, 5.74) is 8.90. The number of piperidine rings is 1. The molecule has 1 aliphatic carbocycles. The maximum atomic E-state index is 14.0. The molecule has 7 nitrogen and oxygen atoms in total. The monoisotopic (exact) mass is 505 g/mol. The molecule has 0 bridgehead atoms. The molecule has 200 valence electrons. The van der Waals surface area contributed by atoms with Crippen molar-refractivity contribution in [3.63, 3.8) is 0 Å². The van der Waals surface area contributed by atoms with E-state index in [1.165, 1.54) is 5.56 Å². The lowest BCUT2D eigenvalue weighted by Crippen LogP contribution is -2.52. The van der Waals surface area contributed by atoms with Crippen molar-refractivity contribution in [2.45, 2.75) is 71.6 Å². The van der Waals surface area contributed by atoms with Gasteiger partial charge in [-0.1, -0.05) is 69.3 Å². The highest BCUT2D eigenvalue weighted by Gasteiger charge is 2.40. The Labute approximate surface area is 221 Å². The zero-order chi connectivity index (χ0) is 26.4. The second kappa shape index (κ2) is 12.1. The zero-order valence-corrected chi connectivity index (χ0v) is 22.6. The molecule has 37 heavy (non-hydrogen) atoms. The molecular weight excluding hydrogens is 462 g/mol. The van der Waals surface area contributed by atoms with Gasteiger partial charge in [-0.2, -0.15) is 0 Å². The standard InChI is InChI=1S/C30H43N5O2/c1-30(2,3)27(35(19-11-17-31)29(37)33-18-10-16-25(36)21-33)28-32-26(24-14-8-5-9-15-24)22-34(28)20-23-12-6-4-7-13-23/h4,6-8,12-15,22,25,27,36H,5,9-11,16-21,31H2,1-3H3/t25-,27+/m1/s1. The van der Waals surface area contributed by atoms with Gasteiger partial charge in [0.2, 0.25) is 0 Å². The van der Waals surface area contributed by atoms with Gasteiger partial charge in [-0.3, -0.25) is 0 Å². The van der Waals surface area contributed by atoms with E-state index in [1.807, 2.05) is 11.0 Å². The SMILES string of the molecule is CC(C)(C)[C@H](c1nc(C2=CCCC=C2)cn1Cc1ccccc1)N(CCCN)C(=O)N1CCC[C@@H](O)C1. The van der Waals surface area contributed by atoms with Gasteiger partial charge in [0.15, 0.2) is 0 Å². The summed E-state index contributed by atoms with van der Waals surface area (Å²) < 4.78 is 2.22. The van der Waals surface area contributed by atoms with Gasteiger partial charge >= 0.3 is 6.03 Å². The Bertz CT molecular complexity index is 1100. The van der Waals surface area contributed by atoms with Crippen molar-refractivity contribution in [2.24, 2.45) is 11.1 Å². The average molecular weight is 506 g/mol. The first-order valence-corrected chi connectivity index (χ1v) is 13.7. The van der Waals surface area contributed by atoms with Crippen molar-refractivity contribution in [1.29, 1.82) is 0 Å². The Kier molecular flexibility index (Phi) is 8.87. The van der Waals surface area contributed by atoms with Crippen LogP contribution in [0.1, 0.15) is 76.0 Å². The molecular formula is C30H43N5O2. The Morgan fingerprint density at radius 2 is 2.03 bits per heavy atom. The number of carbonyl (C=O) groups is 1. The summed E-state index contributed by atoms with van der Waals surface area (Å²) >= 11 is 0. The van der Waals surface area contributed by atoms with Gasteiger partial charge in [-0.15, -0.1) is 0 Å². The van der Waals surface area contributed by atoms with E-state index in [4.69, 9.17) is 10.7 Å². The number of benzene rings is 1. The second-order valence-electron chi connectivity index (χ2n) is 11.4. The van der Waals surface area contributed by atoms with Gasteiger partial charge in [0, 0.05) is 32.4 Å². The van der Waals surface area contributed by atoms with Crippen molar-refractivity contribution < 1.29 is 9.90 Å². The first-order chi connectivity index (χ1) is 17.8. The van der Waals surface area contributed by atoms with Gasteiger partial charge in [0.25, 0.3) is 0 Å². The van der Waals surface area contributed by atoms with Crippen LogP contribution in [-0.2, 0) is 6.54 Å². The summed E-state index contributed by atoms with van der Waals surface area (Å²) in [6.45, 7) is 9.27. The molecule has 2 atom stereocenters. The van der Waals surface area contributed by atoms with E-state index in [2.05, 4.69) is 74.0 Å². The van der Waals surface area contributed by atoms with Crippen LogP contribution in [0.2, 0.25) is 0 Å². The number of likely N-dealkylation sites (tertiary alicyclic amines) is 1. The summed E-state index contributed by atoms with van der Waals surface area (Å²) in [7, 11) is 0. The number of nitrogens with zero attached hydrogens (tertiary/aromatic N) is 4. The third kappa shape index (κ3) is 6.70. The third-order valence-electron chi connectivity index (χ3n) is 7.19. The first-order valence-electron chi connectivity index (χ1n) is 13.7. The van der Waals surface area contributed by atoms with E-state index in [1.54, 1.807) is 4.90 Å². The van der Waals surface area contributed by atoms with Crippen LogP contribution in [0.3, 0.4) is 0 Å². The zero-order valence-electron chi connectivity index (χ0n) is 22.6. The Balaban J connectivity index is 1.79. The summed E-state index contributed by atoms with van der Waals surface area (Å²) in [4.78, 5) is 23.0. The predicted octanol–water partition coefficient (Wildman–Crippen LogP) is 4.98. The number of nitrogens with two attached hydrogens (primary N) is 1. The Hall–Kier alpha value is -2.90. The highest BCUT2D eigenvalue weighted by Crippen LogP contribution is 2.39. The third-order valence-corrected chi connectivity index (χ3v) is 7.19. The van der Waals surface area contributed by atoms with Crippen LogP contribution in [0, 0.1) is 5.41 Å². The minimum Gasteiger partial charge on any atom is -0.391 e. The van der Waals surface area contributed by atoms with Crippen molar-refractivity contribution in [2.75, 3.05) is 26.2 Å². The molecule has 1 saturated heterocycles. The number of aromatic nitrogens is 2. The van der Waals surface area contributed by atoms with Crippen molar-refractivity contribution >= 4 is 11.6 Å². The maximum absolute atomic E-state index is 14.0. The van der Waals surface area contributed by atoms with E-state index >= 15 is 0 Å². The fourth-order valence-electron chi connectivity index (χ4n) is 5.40. The molecule has 2 aromatic rings. The minimum atomic E-state index is -0.473. The molecule has 1 aliphatic heterocycles. The molecule has 2 amide bonds. The predicted molar refractivity (Wildman–Crippen MR) is 149 cm³/mol. The van der Waals surface area contributed by atoms with E-state index in [0.29, 0.717) is 39.1 Å². The Morgan fingerprint density at radius 1 is 1.24 bits per heavy atom. The molecule has 3 N–H and O–H groups in total. The molecule has 0 saturated carbocycles. The lowest BCUT2D eigenvalue weighted by molar-refractivity contribution is 0.0475. The second-order valence-corrected chi connectivity index (χ2v) is 11.4. The molecule has 1 aromatic heterocycles. The molecule has 1 fully saturated rings. The Morgan fingerprint density at radius 3 is 2.68 bits per heavy atom. The first kappa shape index (κ1) is 27.1. The number of imidazole rings is 1. The summed E-state index contributed by atoms with van der Waals surface area (Å²) in [6.07, 6.45) is 12.6. The molecule has 0 unspecified atom stereocenters. The van der Waals surface area contributed by atoms with E-state index in [9.17, 15) is 9.90 Å². The number of β-amino-alcohol motifs (C(OH)–C–C–N with tert-alkyl or cyclic N) is 1. The van der Waals surface area contributed by atoms with Gasteiger partial charge in [-0.25, -0.2) is 9.78 Å². The number of carbonyl (C=O) groups excluding carboxylic acids is 1. The number of allylic oxidation sites excluding steroid dienone is 4. The minimum absolute atomic E-state index is 0.0419. The van der Waals surface area contributed by atoms with E-state index in [-0.39, 0.29) is 17.5 Å². The number of amides is 2. The number of rotatable bonds is 8. The lowest BCUT2D eigenvalue weighted by Gasteiger charge is -2.43. The fraction of sp³-hybridized carbons (Fsp3) is 0.533. The number of hydrogen-bond donors (Lipinski definition) is 2. The number of aliphatic hydroxyl groups is 1. The van der Waals surface area contributed by atoms with Gasteiger partial charge in [0.1, 0.15) is 5.82 Å². The molecule has 2 aliphatic rings. The van der Waals surface area contributed by atoms with E-state index in [0.717, 1.165) is 42.8 Å².